The Hall–Kier alpha value is -1.06. The Bertz CT molecular complexity index is 323. The predicted octanol–water partition coefficient (Wildman–Crippen LogP) is 2.28. The van der Waals surface area contributed by atoms with Crippen molar-refractivity contribution in [3.05, 3.63) is 0 Å². The van der Waals surface area contributed by atoms with E-state index in [1.165, 1.54) is 6.92 Å². The fourth-order valence-corrected chi connectivity index (χ4v) is 3.68. The Morgan fingerprint density at radius 1 is 1.18 bits per heavy atom. The van der Waals surface area contributed by atoms with E-state index >= 15 is 0 Å². The van der Waals surface area contributed by atoms with Crippen molar-refractivity contribution in [2.75, 3.05) is 6.54 Å². The minimum atomic E-state index is -1.01. The summed E-state index contributed by atoms with van der Waals surface area (Å²) in [5, 5.41) is 9.69. The van der Waals surface area contributed by atoms with E-state index < -0.39 is 11.5 Å². The number of rotatable bonds is 4. The summed E-state index contributed by atoms with van der Waals surface area (Å²) in [6.07, 6.45) is 2.87. The first kappa shape index (κ1) is 14.0. The summed E-state index contributed by atoms with van der Waals surface area (Å²) in [6, 6.07) is 0. The summed E-state index contributed by atoms with van der Waals surface area (Å²) in [6.45, 7) is 7.96. The molecule has 1 fully saturated rings. The van der Waals surface area contributed by atoms with Crippen LogP contribution < -0.4 is 0 Å². The van der Waals surface area contributed by atoms with Crippen LogP contribution in [0.5, 0.6) is 0 Å². The summed E-state index contributed by atoms with van der Waals surface area (Å²) < 4.78 is 0. The standard InChI is InChI=1S/C13H23NO3/c1-5-12(6-2)8-9-14(10(4)15)13(12,7-3)11(16)17/h5-9H2,1-4H3,(H,16,17). The maximum Gasteiger partial charge on any atom is 0.330 e. The number of carboxylic acid groups (broad SMARTS) is 1. The van der Waals surface area contributed by atoms with Crippen LogP contribution in [0.1, 0.15) is 53.4 Å². The van der Waals surface area contributed by atoms with Crippen molar-refractivity contribution in [2.24, 2.45) is 5.41 Å². The lowest BCUT2D eigenvalue weighted by molar-refractivity contribution is -0.163. The summed E-state index contributed by atoms with van der Waals surface area (Å²) in [4.78, 5) is 25.1. The molecule has 17 heavy (non-hydrogen) atoms. The van der Waals surface area contributed by atoms with Crippen molar-refractivity contribution in [1.29, 1.82) is 0 Å². The second-order valence-electron chi connectivity index (χ2n) is 4.93. The molecule has 0 saturated carbocycles. The summed E-state index contributed by atoms with van der Waals surface area (Å²) in [7, 11) is 0. The average molecular weight is 241 g/mol. The van der Waals surface area contributed by atoms with Crippen LogP contribution in [0.2, 0.25) is 0 Å². The smallest absolute Gasteiger partial charge is 0.330 e. The van der Waals surface area contributed by atoms with Crippen molar-refractivity contribution in [2.45, 2.75) is 58.9 Å². The molecule has 1 rings (SSSR count). The fourth-order valence-electron chi connectivity index (χ4n) is 3.68. The second-order valence-corrected chi connectivity index (χ2v) is 4.93. The van der Waals surface area contributed by atoms with Gasteiger partial charge in [-0.15, -0.1) is 0 Å². The van der Waals surface area contributed by atoms with Crippen LogP contribution in [0.3, 0.4) is 0 Å². The van der Waals surface area contributed by atoms with Crippen LogP contribution in [0.25, 0.3) is 0 Å². The average Bonchev–Trinajstić information content (AvgIpc) is 2.64. The molecule has 1 unspecified atom stereocenters. The summed E-state index contributed by atoms with van der Waals surface area (Å²) >= 11 is 0. The summed E-state index contributed by atoms with van der Waals surface area (Å²) in [5.41, 5.74) is -1.29. The van der Waals surface area contributed by atoms with Gasteiger partial charge in [-0.25, -0.2) is 4.79 Å². The van der Waals surface area contributed by atoms with Crippen LogP contribution in [0.4, 0.5) is 0 Å². The third-order valence-corrected chi connectivity index (χ3v) is 4.75. The number of hydrogen-bond acceptors (Lipinski definition) is 2. The van der Waals surface area contributed by atoms with Crippen LogP contribution in [0.15, 0.2) is 0 Å². The molecule has 0 bridgehead atoms. The van der Waals surface area contributed by atoms with E-state index in [0.717, 1.165) is 19.3 Å². The molecule has 0 aromatic heterocycles. The highest BCUT2D eigenvalue weighted by Crippen LogP contribution is 2.52. The van der Waals surface area contributed by atoms with Crippen LogP contribution >= 0.6 is 0 Å². The van der Waals surface area contributed by atoms with Gasteiger partial charge in [0.15, 0.2) is 0 Å². The van der Waals surface area contributed by atoms with Gasteiger partial charge in [0, 0.05) is 18.9 Å². The zero-order valence-electron chi connectivity index (χ0n) is 11.2. The molecule has 0 aliphatic carbocycles. The van der Waals surface area contributed by atoms with Crippen LogP contribution in [-0.2, 0) is 9.59 Å². The normalized spacial score (nSPS) is 27.2. The first-order chi connectivity index (χ1) is 7.91. The van der Waals surface area contributed by atoms with Crippen molar-refractivity contribution < 1.29 is 14.7 Å². The van der Waals surface area contributed by atoms with Crippen LogP contribution in [0, 0.1) is 5.41 Å². The largest absolute Gasteiger partial charge is 0.479 e. The SMILES string of the molecule is CCC1(CC)CCN(C(C)=O)C1(CC)C(=O)O. The van der Waals surface area contributed by atoms with E-state index in [1.807, 2.05) is 20.8 Å². The second kappa shape index (κ2) is 4.67. The number of nitrogens with zero attached hydrogens (tertiary/aromatic N) is 1. The lowest BCUT2D eigenvalue weighted by atomic mass is 9.65. The van der Waals surface area contributed by atoms with Gasteiger partial charge in [-0.1, -0.05) is 20.8 Å². The molecule has 0 spiro atoms. The monoisotopic (exact) mass is 241 g/mol. The number of hydrogen-bond donors (Lipinski definition) is 1. The minimum Gasteiger partial charge on any atom is -0.479 e. The van der Waals surface area contributed by atoms with Gasteiger partial charge in [-0.3, -0.25) is 4.79 Å². The number of amides is 1. The van der Waals surface area contributed by atoms with Crippen LogP contribution in [-0.4, -0.2) is 34.0 Å². The number of carboxylic acids is 1. The number of aliphatic carboxylic acids is 1. The maximum atomic E-state index is 11.8. The van der Waals surface area contributed by atoms with Gasteiger partial charge in [-0.2, -0.15) is 0 Å². The molecule has 98 valence electrons. The van der Waals surface area contributed by atoms with E-state index in [9.17, 15) is 14.7 Å². The number of carbonyl (C=O) groups is 2. The Morgan fingerprint density at radius 2 is 1.71 bits per heavy atom. The molecule has 4 heteroatoms. The van der Waals surface area contributed by atoms with E-state index in [0.29, 0.717) is 13.0 Å². The highest BCUT2D eigenvalue weighted by molar-refractivity contribution is 5.88. The highest BCUT2D eigenvalue weighted by atomic mass is 16.4. The third-order valence-electron chi connectivity index (χ3n) is 4.75. The molecule has 1 aliphatic heterocycles. The van der Waals surface area contributed by atoms with Gasteiger partial charge in [-0.05, 0) is 25.7 Å². The molecular weight excluding hydrogens is 218 g/mol. The highest BCUT2D eigenvalue weighted by Gasteiger charge is 2.62. The van der Waals surface area contributed by atoms with Gasteiger partial charge < -0.3 is 10.0 Å². The number of likely N-dealkylation sites (tertiary alicyclic amines) is 1. The molecule has 1 amide bonds. The van der Waals surface area contributed by atoms with E-state index in [2.05, 4.69) is 0 Å². The zero-order valence-corrected chi connectivity index (χ0v) is 11.2. The molecule has 0 radical (unpaired) electrons. The van der Waals surface area contributed by atoms with Gasteiger partial charge in [0.25, 0.3) is 0 Å². The molecule has 0 aromatic rings. The molecule has 0 aromatic carbocycles. The van der Waals surface area contributed by atoms with Crippen molar-refractivity contribution in [1.82, 2.24) is 4.90 Å². The Kier molecular flexibility index (Phi) is 3.84. The zero-order chi connectivity index (χ0) is 13.3. The number of carbonyl (C=O) groups excluding carboxylic acids is 1. The lowest BCUT2D eigenvalue weighted by Gasteiger charge is -2.45. The van der Waals surface area contributed by atoms with E-state index in [1.54, 1.807) is 4.90 Å². The van der Waals surface area contributed by atoms with E-state index in [-0.39, 0.29) is 11.3 Å². The van der Waals surface area contributed by atoms with Gasteiger partial charge in [0.1, 0.15) is 5.54 Å². The quantitative estimate of drug-likeness (QED) is 0.821. The van der Waals surface area contributed by atoms with Gasteiger partial charge in [0.05, 0.1) is 0 Å². The Morgan fingerprint density at radius 3 is 2.00 bits per heavy atom. The third kappa shape index (κ3) is 1.65. The molecule has 1 aliphatic rings. The van der Waals surface area contributed by atoms with Crippen molar-refractivity contribution in [3.63, 3.8) is 0 Å². The van der Waals surface area contributed by atoms with Gasteiger partial charge >= 0.3 is 5.97 Å². The first-order valence-corrected chi connectivity index (χ1v) is 6.43. The molecule has 1 saturated heterocycles. The molecule has 1 atom stereocenters. The van der Waals surface area contributed by atoms with E-state index in [4.69, 9.17) is 0 Å². The topological polar surface area (TPSA) is 57.6 Å². The van der Waals surface area contributed by atoms with Gasteiger partial charge in [0.2, 0.25) is 5.91 Å². The van der Waals surface area contributed by atoms with Crippen molar-refractivity contribution in [3.8, 4) is 0 Å². The maximum absolute atomic E-state index is 11.8. The first-order valence-electron chi connectivity index (χ1n) is 6.43. The summed E-state index contributed by atoms with van der Waals surface area (Å²) in [5.74, 6) is -0.977. The molecular formula is C13H23NO3. The molecule has 4 nitrogen and oxygen atoms in total. The minimum absolute atomic E-state index is 0.127. The predicted molar refractivity (Wildman–Crippen MR) is 65.7 cm³/mol. The lowest BCUT2D eigenvalue weighted by Crippen LogP contribution is -2.60. The Balaban J connectivity index is 3.36. The Labute approximate surface area is 103 Å². The molecule has 1 N–H and O–H groups in total. The van der Waals surface area contributed by atoms with Crippen molar-refractivity contribution >= 4 is 11.9 Å². The molecule has 1 heterocycles. The fraction of sp³-hybridized carbons (Fsp3) is 0.846.